The molecule has 6 nitrogen and oxygen atoms in total. The number of hydrogen-bond acceptors (Lipinski definition) is 4. The summed E-state index contributed by atoms with van der Waals surface area (Å²) in [5, 5.41) is 7.67. The van der Waals surface area contributed by atoms with Crippen molar-refractivity contribution in [2.24, 2.45) is 0 Å². The van der Waals surface area contributed by atoms with Crippen molar-refractivity contribution in [1.29, 1.82) is 0 Å². The third-order valence-corrected chi connectivity index (χ3v) is 6.07. The Hall–Kier alpha value is -2.12. The fourth-order valence-corrected chi connectivity index (χ4v) is 4.66. The average molecular weight is 380 g/mol. The van der Waals surface area contributed by atoms with Gasteiger partial charge in [-0.1, -0.05) is 29.8 Å². The first-order valence-electron chi connectivity index (χ1n) is 7.84. The highest BCUT2D eigenvalue weighted by Crippen LogP contribution is 2.30. The maximum Gasteiger partial charge on any atom is 0.272 e. The Morgan fingerprint density at radius 1 is 1.40 bits per heavy atom. The smallest absolute Gasteiger partial charge is 0.272 e. The lowest BCUT2D eigenvalue weighted by atomic mass is 10.1. The maximum absolute atomic E-state index is 12.2. The second kappa shape index (κ2) is 7.01. The van der Waals surface area contributed by atoms with Crippen molar-refractivity contribution in [1.82, 2.24) is 15.1 Å². The first kappa shape index (κ1) is 17.7. The van der Waals surface area contributed by atoms with Gasteiger partial charge in [-0.3, -0.25) is 9.48 Å². The van der Waals surface area contributed by atoms with Gasteiger partial charge in [0.05, 0.1) is 23.2 Å². The molecule has 3 rings (SSSR count). The lowest BCUT2D eigenvalue weighted by Crippen LogP contribution is -2.24. The van der Waals surface area contributed by atoms with Gasteiger partial charge in [0.25, 0.3) is 5.91 Å². The Morgan fingerprint density at radius 3 is 2.72 bits per heavy atom. The molecule has 132 valence electrons. The minimum atomic E-state index is -3.07. The third-order valence-electron chi connectivity index (χ3n) is 4.07. The van der Waals surface area contributed by atoms with Crippen molar-refractivity contribution < 1.29 is 13.2 Å². The summed E-state index contributed by atoms with van der Waals surface area (Å²) in [6.45, 7) is 3.90. The molecule has 2 aromatic rings. The summed E-state index contributed by atoms with van der Waals surface area (Å²) < 4.78 is 25.3. The van der Waals surface area contributed by atoms with E-state index in [9.17, 15) is 13.2 Å². The van der Waals surface area contributed by atoms with E-state index in [0.29, 0.717) is 23.7 Å². The van der Waals surface area contributed by atoms with E-state index in [-0.39, 0.29) is 29.1 Å². The van der Waals surface area contributed by atoms with Crippen LogP contribution in [0.5, 0.6) is 0 Å². The Labute approximate surface area is 151 Å². The van der Waals surface area contributed by atoms with Crippen LogP contribution in [-0.2, 0) is 9.84 Å². The molecule has 1 amide bonds. The highest BCUT2D eigenvalue weighted by Gasteiger charge is 2.32. The highest BCUT2D eigenvalue weighted by atomic mass is 35.5. The molecular formula is C17H18ClN3O3S. The largest absolute Gasteiger partial charge is 0.347 e. The van der Waals surface area contributed by atoms with Crippen LogP contribution in [0.25, 0.3) is 11.3 Å². The Bertz CT molecular complexity index is 904. The molecule has 0 saturated carbocycles. The minimum absolute atomic E-state index is 0.0307. The van der Waals surface area contributed by atoms with Crippen LogP contribution in [-0.4, -0.2) is 42.2 Å². The highest BCUT2D eigenvalue weighted by molar-refractivity contribution is 7.91. The Kier molecular flexibility index (Phi) is 4.96. The van der Waals surface area contributed by atoms with E-state index in [4.69, 9.17) is 11.6 Å². The van der Waals surface area contributed by atoms with Crippen LogP contribution in [0.2, 0.25) is 5.02 Å². The van der Waals surface area contributed by atoms with E-state index in [1.807, 2.05) is 12.1 Å². The zero-order valence-corrected chi connectivity index (χ0v) is 15.1. The van der Waals surface area contributed by atoms with Crippen LogP contribution >= 0.6 is 11.6 Å². The van der Waals surface area contributed by atoms with Gasteiger partial charge in [0, 0.05) is 11.6 Å². The lowest BCUT2D eigenvalue weighted by Gasteiger charge is -2.13. The van der Waals surface area contributed by atoms with Crippen LogP contribution in [0, 0.1) is 0 Å². The molecule has 1 aromatic carbocycles. The van der Waals surface area contributed by atoms with Crippen LogP contribution in [0.4, 0.5) is 0 Å². The van der Waals surface area contributed by atoms with Gasteiger partial charge in [-0.2, -0.15) is 5.10 Å². The van der Waals surface area contributed by atoms with E-state index < -0.39 is 9.84 Å². The van der Waals surface area contributed by atoms with Gasteiger partial charge in [0.1, 0.15) is 0 Å². The number of nitrogens with one attached hydrogen (secondary N) is 1. The van der Waals surface area contributed by atoms with Crippen molar-refractivity contribution in [3.05, 3.63) is 53.7 Å². The molecule has 1 aromatic heterocycles. The third kappa shape index (κ3) is 3.93. The standard InChI is InChI=1S/C17H18ClN3O3S/c1-2-8-19-17(22)15-10-16(12-3-5-13(18)6-4-12)21(20-15)14-7-9-25(23,24)11-14/h2-6,10,14H,1,7-9,11H2,(H,19,22). The number of halogens is 1. The molecular weight excluding hydrogens is 362 g/mol. The van der Waals surface area contributed by atoms with E-state index in [1.54, 1.807) is 29.0 Å². The molecule has 0 spiro atoms. The van der Waals surface area contributed by atoms with E-state index >= 15 is 0 Å². The van der Waals surface area contributed by atoms with Gasteiger partial charge in [-0.05, 0) is 30.2 Å². The van der Waals surface area contributed by atoms with Gasteiger partial charge in [0.2, 0.25) is 0 Å². The summed E-state index contributed by atoms with van der Waals surface area (Å²) in [5.74, 6) is -0.159. The molecule has 1 aliphatic heterocycles. The number of benzene rings is 1. The van der Waals surface area contributed by atoms with Crippen LogP contribution in [0.1, 0.15) is 23.0 Å². The second-order valence-electron chi connectivity index (χ2n) is 5.92. The molecule has 1 atom stereocenters. The summed E-state index contributed by atoms with van der Waals surface area (Å²) in [7, 11) is -3.07. The van der Waals surface area contributed by atoms with Gasteiger partial charge >= 0.3 is 0 Å². The summed E-state index contributed by atoms with van der Waals surface area (Å²) in [6.07, 6.45) is 2.07. The molecule has 0 radical (unpaired) electrons. The molecule has 8 heteroatoms. The maximum atomic E-state index is 12.2. The van der Waals surface area contributed by atoms with E-state index in [1.165, 1.54) is 0 Å². The van der Waals surface area contributed by atoms with Crippen molar-refractivity contribution >= 4 is 27.3 Å². The minimum Gasteiger partial charge on any atom is -0.347 e. The van der Waals surface area contributed by atoms with Gasteiger partial charge in [0.15, 0.2) is 15.5 Å². The summed E-state index contributed by atoms with van der Waals surface area (Å²) >= 11 is 5.94. The first-order chi connectivity index (χ1) is 11.9. The first-order valence-corrected chi connectivity index (χ1v) is 10.0. The monoisotopic (exact) mass is 379 g/mol. The van der Waals surface area contributed by atoms with Crippen molar-refractivity contribution in [2.45, 2.75) is 12.5 Å². The lowest BCUT2D eigenvalue weighted by molar-refractivity contribution is 0.0952. The van der Waals surface area contributed by atoms with Crippen molar-refractivity contribution in [3.8, 4) is 11.3 Å². The molecule has 0 bridgehead atoms. The summed E-state index contributed by atoms with van der Waals surface area (Å²) in [5.41, 5.74) is 1.77. The molecule has 1 fully saturated rings. The molecule has 1 N–H and O–H groups in total. The Balaban J connectivity index is 2.01. The van der Waals surface area contributed by atoms with E-state index in [2.05, 4.69) is 17.0 Å². The zero-order chi connectivity index (χ0) is 18.0. The SMILES string of the molecule is C=CCNC(=O)c1cc(-c2ccc(Cl)cc2)n(C2CCS(=O)(=O)C2)n1. The molecule has 1 aliphatic rings. The van der Waals surface area contributed by atoms with Crippen molar-refractivity contribution in [2.75, 3.05) is 18.1 Å². The number of amides is 1. The van der Waals surface area contributed by atoms with Crippen LogP contribution < -0.4 is 5.32 Å². The second-order valence-corrected chi connectivity index (χ2v) is 8.59. The van der Waals surface area contributed by atoms with Gasteiger partial charge < -0.3 is 5.32 Å². The average Bonchev–Trinajstić information content (AvgIpc) is 3.16. The number of carbonyl (C=O) groups excluding carboxylic acids is 1. The zero-order valence-electron chi connectivity index (χ0n) is 13.5. The van der Waals surface area contributed by atoms with Crippen molar-refractivity contribution in [3.63, 3.8) is 0 Å². The quantitative estimate of drug-likeness (QED) is 0.809. The normalized spacial score (nSPS) is 18.8. The van der Waals surface area contributed by atoms with Crippen LogP contribution in [0.3, 0.4) is 0 Å². The molecule has 2 heterocycles. The summed E-state index contributed by atoms with van der Waals surface area (Å²) in [4.78, 5) is 12.2. The molecule has 25 heavy (non-hydrogen) atoms. The predicted molar refractivity (Wildman–Crippen MR) is 97.5 cm³/mol. The number of hydrogen-bond donors (Lipinski definition) is 1. The number of nitrogens with zero attached hydrogens (tertiary/aromatic N) is 2. The Morgan fingerprint density at radius 2 is 2.12 bits per heavy atom. The van der Waals surface area contributed by atoms with Gasteiger partial charge in [-0.25, -0.2) is 8.42 Å². The molecule has 1 saturated heterocycles. The van der Waals surface area contributed by atoms with E-state index in [0.717, 1.165) is 5.56 Å². The van der Waals surface area contributed by atoms with Gasteiger partial charge in [-0.15, -0.1) is 6.58 Å². The summed E-state index contributed by atoms with van der Waals surface area (Å²) in [6, 6.07) is 8.53. The number of aromatic nitrogens is 2. The number of carbonyl (C=O) groups is 1. The topological polar surface area (TPSA) is 81.1 Å². The predicted octanol–water partition coefficient (Wildman–Crippen LogP) is 2.48. The molecule has 0 aliphatic carbocycles. The molecule has 1 unspecified atom stereocenters. The number of sulfone groups is 1. The van der Waals surface area contributed by atoms with Crippen LogP contribution in [0.15, 0.2) is 43.0 Å². The number of rotatable bonds is 5. The fourth-order valence-electron chi connectivity index (χ4n) is 2.84. The fraction of sp³-hybridized carbons (Fsp3) is 0.294.